The Bertz CT molecular complexity index is 675. The second-order valence-electron chi connectivity index (χ2n) is 7.20. The van der Waals surface area contributed by atoms with Gasteiger partial charge in [0.15, 0.2) is 0 Å². The lowest BCUT2D eigenvalue weighted by atomic mass is 9.87. The van der Waals surface area contributed by atoms with E-state index in [1.807, 2.05) is 6.07 Å². The summed E-state index contributed by atoms with van der Waals surface area (Å²) in [6.45, 7) is 3.72. The number of aromatic nitrogens is 1. The molecule has 4 nitrogen and oxygen atoms in total. The van der Waals surface area contributed by atoms with Crippen molar-refractivity contribution in [2.24, 2.45) is 5.92 Å². The number of piperazine rings is 1. The van der Waals surface area contributed by atoms with Crippen LogP contribution in [-0.2, 0) is 0 Å². The first-order chi connectivity index (χ1) is 11.8. The molecule has 1 aromatic heterocycles. The fourth-order valence-electron chi connectivity index (χ4n) is 4.18. The number of aliphatic hydroxyl groups is 1. The number of hydrogen-bond donors (Lipinski definition) is 1. The highest BCUT2D eigenvalue weighted by atomic mass is 16.3. The molecule has 1 unspecified atom stereocenters. The molecule has 1 aliphatic heterocycles. The number of aliphatic hydroxyl groups excluding tert-OH is 1. The van der Waals surface area contributed by atoms with Gasteiger partial charge < -0.3 is 10.0 Å². The van der Waals surface area contributed by atoms with Crippen LogP contribution in [0, 0.1) is 5.92 Å². The van der Waals surface area contributed by atoms with Crippen LogP contribution in [0.3, 0.4) is 0 Å². The zero-order chi connectivity index (χ0) is 16.4. The lowest BCUT2D eigenvalue weighted by Gasteiger charge is -2.41. The third-order valence-corrected chi connectivity index (χ3v) is 5.67. The minimum atomic E-state index is -0.253. The zero-order valence-corrected chi connectivity index (χ0v) is 14.3. The SMILES string of the molecule is OC(C1CCCCC1)N1CCN(c2ccc3ccccc3n2)CC1. The number of rotatable bonds is 3. The number of pyridine rings is 1. The van der Waals surface area contributed by atoms with E-state index in [9.17, 15) is 5.11 Å². The van der Waals surface area contributed by atoms with Crippen molar-refractivity contribution in [2.75, 3.05) is 31.1 Å². The molecule has 0 amide bonds. The second-order valence-corrected chi connectivity index (χ2v) is 7.20. The maximum absolute atomic E-state index is 10.7. The van der Waals surface area contributed by atoms with Gasteiger partial charge in [-0.05, 0) is 37.0 Å². The van der Waals surface area contributed by atoms with Crippen LogP contribution in [0.15, 0.2) is 36.4 Å². The Morgan fingerprint density at radius 3 is 2.46 bits per heavy atom. The molecule has 1 aliphatic carbocycles. The van der Waals surface area contributed by atoms with E-state index in [1.54, 1.807) is 0 Å². The number of para-hydroxylation sites is 1. The van der Waals surface area contributed by atoms with Crippen molar-refractivity contribution in [3.8, 4) is 0 Å². The smallest absolute Gasteiger partial charge is 0.129 e. The highest BCUT2D eigenvalue weighted by Crippen LogP contribution is 2.29. The summed E-state index contributed by atoms with van der Waals surface area (Å²) in [5.41, 5.74) is 1.06. The van der Waals surface area contributed by atoms with Crippen LogP contribution >= 0.6 is 0 Å². The maximum atomic E-state index is 10.7. The van der Waals surface area contributed by atoms with Gasteiger partial charge in [0.2, 0.25) is 0 Å². The molecule has 1 saturated heterocycles. The summed E-state index contributed by atoms with van der Waals surface area (Å²) in [6, 6.07) is 12.5. The average Bonchev–Trinajstić information content (AvgIpc) is 2.68. The van der Waals surface area contributed by atoms with Gasteiger partial charge in [-0.15, -0.1) is 0 Å². The molecule has 1 saturated carbocycles. The van der Waals surface area contributed by atoms with Crippen LogP contribution in [0.4, 0.5) is 5.82 Å². The van der Waals surface area contributed by atoms with Crippen molar-refractivity contribution in [1.82, 2.24) is 9.88 Å². The summed E-state index contributed by atoms with van der Waals surface area (Å²) in [4.78, 5) is 9.42. The van der Waals surface area contributed by atoms with Crippen molar-refractivity contribution >= 4 is 16.7 Å². The minimum Gasteiger partial charge on any atom is -0.378 e. The van der Waals surface area contributed by atoms with E-state index < -0.39 is 0 Å². The predicted octanol–water partition coefficient (Wildman–Crippen LogP) is 3.26. The van der Waals surface area contributed by atoms with Crippen molar-refractivity contribution < 1.29 is 5.11 Å². The summed E-state index contributed by atoms with van der Waals surface area (Å²) in [5.74, 6) is 1.53. The normalized spacial score (nSPS) is 22.0. The molecule has 2 fully saturated rings. The lowest BCUT2D eigenvalue weighted by Crippen LogP contribution is -2.52. The zero-order valence-electron chi connectivity index (χ0n) is 14.3. The number of fused-ring (bicyclic) bond motifs is 1. The highest BCUT2D eigenvalue weighted by Gasteiger charge is 2.29. The standard InChI is InChI=1S/C20H27N3O/c24-20(17-7-2-1-3-8-17)23-14-12-22(13-15-23)19-11-10-16-6-4-5-9-18(16)21-19/h4-6,9-11,17,20,24H,1-3,7-8,12-15H2. The van der Waals surface area contributed by atoms with Crippen molar-refractivity contribution in [3.05, 3.63) is 36.4 Å². The number of nitrogens with zero attached hydrogens (tertiary/aromatic N) is 3. The Balaban J connectivity index is 1.39. The molecular formula is C20H27N3O. The van der Waals surface area contributed by atoms with Gasteiger partial charge in [-0.2, -0.15) is 0 Å². The summed E-state index contributed by atoms with van der Waals surface area (Å²) < 4.78 is 0. The summed E-state index contributed by atoms with van der Waals surface area (Å²) >= 11 is 0. The first kappa shape index (κ1) is 15.9. The highest BCUT2D eigenvalue weighted by molar-refractivity contribution is 5.80. The Hall–Kier alpha value is -1.65. The van der Waals surface area contributed by atoms with Crippen molar-refractivity contribution in [2.45, 2.75) is 38.3 Å². The van der Waals surface area contributed by atoms with E-state index in [0.717, 1.165) is 37.5 Å². The molecule has 0 spiro atoms. The number of anilines is 1. The van der Waals surface area contributed by atoms with Gasteiger partial charge in [-0.1, -0.05) is 37.5 Å². The summed E-state index contributed by atoms with van der Waals surface area (Å²) in [5, 5.41) is 11.9. The molecule has 1 N–H and O–H groups in total. The van der Waals surface area contributed by atoms with E-state index in [1.165, 1.54) is 37.5 Å². The topological polar surface area (TPSA) is 39.6 Å². The molecule has 0 radical (unpaired) electrons. The molecule has 1 atom stereocenters. The fourth-order valence-corrected chi connectivity index (χ4v) is 4.18. The van der Waals surface area contributed by atoms with E-state index in [4.69, 9.17) is 4.98 Å². The molecule has 1 aromatic carbocycles. The predicted molar refractivity (Wildman–Crippen MR) is 98.1 cm³/mol. The van der Waals surface area contributed by atoms with Gasteiger partial charge in [0.1, 0.15) is 12.0 Å². The maximum Gasteiger partial charge on any atom is 0.129 e. The fraction of sp³-hybridized carbons (Fsp3) is 0.550. The van der Waals surface area contributed by atoms with E-state index in [-0.39, 0.29) is 6.23 Å². The molecule has 2 aliphatic rings. The van der Waals surface area contributed by atoms with Crippen molar-refractivity contribution in [1.29, 1.82) is 0 Å². The molecule has 4 heteroatoms. The van der Waals surface area contributed by atoms with Gasteiger partial charge in [0, 0.05) is 31.6 Å². The van der Waals surface area contributed by atoms with Crippen LogP contribution in [0.5, 0.6) is 0 Å². The Kier molecular flexibility index (Phi) is 4.67. The largest absolute Gasteiger partial charge is 0.378 e. The van der Waals surface area contributed by atoms with Crippen LogP contribution in [0.2, 0.25) is 0 Å². The third-order valence-electron chi connectivity index (χ3n) is 5.67. The first-order valence-corrected chi connectivity index (χ1v) is 9.34. The molecule has 128 valence electrons. The van der Waals surface area contributed by atoms with Gasteiger partial charge in [-0.3, -0.25) is 4.90 Å². The summed E-state index contributed by atoms with van der Waals surface area (Å²) in [7, 11) is 0. The van der Waals surface area contributed by atoms with Crippen LogP contribution < -0.4 is 4.90 Å². The van der Waals surface area contributed by atoms with Crippen LogP contribution in [0.25, 0.3) is 10.9 Å². The van der Waals surface area contributed by atoms with Gasteiger partial charge in [-0.25, -0.2) is 4.98 Å². The second kappa shape index (κ2) is 7.08. The Labute approximate surface area is 144 Å². The molecule has 2 heterocycles. The average molecular weight is 325 g/mol. The molecular weight excluding hydrogens is 298 g/mol. The summed E-state index contributed by atoms with van der Waals surface area (Å²) in [6.07, 6.45) is 6.02. The Morgan fingerprint density at radius 1 is 0.917 bits per heavy atom. The molecule has 0 bridgehead atoms. The quantitative estimate of drug-likeness (QED) is 0.940. The monoisotopic (exact) mass is 325 g/mol. The van der Waals surface area contributed by atoms with Crippen LogP contribution in [-0.4, -0.2) is 47.4 Å². The van der Waals surface area contributed by atoms with Gasteiger partial charge >= 0.3 is 0 Å². The first-order valence-electron chi connectivity index (χ1n) is 9.34. The molecule has 4 rings (SSSR count). The van der Waals surface area contributed by atoms with Gasteiger partial charge in [0.05, 0.1) is 5.52 Å². The Morgan fingerprint density at radius 2 is 1.67 bits per heavy atom. The van der Waals surface area contributed by atoms with Gasteiger partial charge in [0.25, 0.3) is 0 Å². The van der Waals surface area contributed by atoms with E-state index in [2.05, 4.69) is 40.1 Å². The lowest BCUT2D eigenvalue weighted by molar-refractivity contribution is -0.0528. The third kappa shape index (κ3) is 3.26. The van der Waals surface area contributed by atoms with E-state index >= 15 is 0 Å². The molecule has 24 heavy (non-hydrogen) atoms. The minimum absolute atomic E-state index is 0.253. The van der Waals surface area contributed by atoms with E-state index in [0.29, 0.717) is 5.92 Å². The van der Waals surface area contributed by atoms with Crippen LogP contribution in [0.1, 0.15) is 32.1 Å². The molecule has 2 aromatic rings. The number of benzene rings is 1. The number of hydrogen-bond acceptors (Lipinski definition) is 4. The van der Waals surface area contributed by atoms with Crippen molar-refractivity contribution in [3.63, 3.8) is 0 Å².